The third-order valence-electron chi connectivity index (χ3n) is 3.22. The summed E-state index contributed by atoms with van der Waals surface area (Å²) in [5.41, 5.74) is 7.00. The van der Waals surface area contributed by atoms with Crippen molar-refractivity contribution in [3.8, 4) is 0 Å². The highest BCUT2D eigenvalue weighted by Gasteiger charge is 2.29. The van der Waals surface area contributed by atoms with E-state index in [4.69, 9.17) is 10.5 Å². The topological polar surface area (TPSA) is 72.6 Å². The van der Waals surface area contributed by atoms with E-state index in [-0.39, 0.29) is 24.3 Å². The van der Waals surface area contributed by atoms with Crippen LogP contribution < -0.4 is 10.6 Å². The molecular formula is C14H18N2O3. The first-order chi connectivity index (χ1) is 9.13. The van der Waals surface area contributed by atoms with E-state index in [1.807, 2.05) is 0 Å². The van der Waals surface area contributed by atoms with E-state index >= 15 is 0 Å². The van der Waals surface area contributed by atoms with Crippen molar-refractivity contribution >= 4 is 17.4 Å². The Morgan fingerprint density at radius 3 is 2.68 bits per heavy atom. The van der Waals surface area contributed by atoms with Crippen LogP contribution in [-0.2, 0) is 9.53 Å². The van der Waals surface area contributed by atoms with Gasteiger partial charge in [0.25, 0.3) is 5.91 Å². The normalized spacial score (nSPS) is 19.6. The number of carbonyl (C=O) groups excluding carboxylic acids is 2. The lowest BCUT2D eigenvalue weighted by Crippen LogP contribution is -2.50. The van der Waals surface area contributed by atoms with Gasteiger partial charge in [0.05, 0.1) is 12.6 Å². The molecular weight excluding hydrogens is 244 g/mol. The molecule has 1 aromatic carbocycles. The number of amides is 1. The fourth-order valence-corrected chi connectivity index (χ4v) is 2.25. The number of anilines is 1. The number of ketones is 1. The number of hydrogen-bond acceptors (Lipinski definition) is 4. The van der Waals surface area contributed by atoms with Gasteiger partial charge < -0.3 is 15.4 Å². The first-order valence-electron chi connectivity index (χ1n) is 6.34. The summed E-state index contributed by atoms with van der Waals surface area (Å²) in [4.78, 5) is 25.0. The third-order valence-corrected chi connectivity index (χ3v) is 3.22. The summed E-state index contributed by atoms with van der Waals surface area (Å²) in [7, 11) is 0. The molecule has 1 atom stereocenters. The van der Waals surface area contributed by atoms with Crippen molar-refractivity contribution in [2.24, 2.45) is 5.73 Å². The Hall–Kier alpha value is -1.72. The Morgan fingerprint density at radius 1 is 1.42 bits per heavy atom. The van der Waals surface area contributed by atoms with Crippen molar-refractivity contribution in [2.75, 3.05) is 24.7 Å². The van der Waals surface area contributed by atoms with Gasteiger partial charge in [-0.1, -0.05) is 0 Å². The zero-order valence-electron chi connectivity index (χ0n) is 11.0. The largest absolute Gasteiger partial charge is 0.369 e. The fraction of sp³-hybridized carbons (Fsp3) is 0.429. The van der Waals surface area contributed by atoms with Crippen LogP contribution in [0.5, 0.6) is 0 Å². The minimum Gasteiger partial charge on any atom is -0.369 e. The summed E-state index contributed by atoms with van der Waals surface area (Å²) in [6.07, 6.45) is 0.695. The van der Waals surface area contributed by atoms with Gasteiger partial charge in [0.15, 0.2) is 5.78 Å². The van der Waals surface area contributed by atoms with Gasteiger partial charge in [-0.3, -0.25) is 9.59 Å². The highest BCUT2D eigenvalue weighted by atomic mass is 16.5. The van der Waals surface area contributed by atoms with E-state index in [1.165, 1.54) is 6.92 Å². The van der Waals surface area contributed by atoms with Crippen molar-refractivity contribution in [1.29, 1.82) is 0 Å². The van der Waals surface area contributed by atoms with Crippen molar-refractivity contribution in [3.05, 3.63) is 29.8 Å². The second-order valence-electron chi connectivity index (χ2n) is 4.61. The number of benzene rings is 1. The molecule has 0 bridgehead atoms. The molecule has 5 nitrogen and oxygen atoms in total. The Labute approximate surface area is 112 Å². The summed E-state index contributed by atoms with van der Waals surface area (Å²) in [6, 6.07) is 7.03. The van der Waals surface area contributed by atoms with Crippen LogP contribution in [0.2, 0.25) is 0 Å². The average Bonchev–Trinajstić information content (AvgIpc) is 2.39. The number of carbonyl (C=O) groups is 2. The molecule has 2 rings (SSSR count). The molecule has 1 saturated heterocycles. The maximum Gasteiger partial charge on any atom is 0.253 e. The molecule has 1 aliphatic rings. The van der Waals surface area contributed by atoms with Crippen LogP contribution >= 0.6 is 0 Å². The predicted octanol–water partition coefficient (Wildman–Crippen LogP) is 0.970. The van der Waals surface area contributed by atoms with Gasteiger partial charge in [-0.05, 0) is 44.2 Å². The van der Waals surface area contributed by atoms with Crippen molar-refractivity contribution in [2.45, 2.75) is 19.4 Å². The van der Waals surface area contributed by atoms with Gasteiger partial charge in [-0.15, -0.1) is 0 Å². The number of hydrogen-bond donors (Lipinski definition) is 1. The van der Waals surface area contributed by atoms with Crippen LogP contribution in [0.25, 0.3) is 0 Å². The van der Waals surface area contributed by atoms with E-state index in [9.17, 15) is 9.59 Å². The standard InChI is InChI=1S/C14H18N2O3/c1-10(17)11-2-4-12(5-3-11)16-13(6-7-15)8-19-9-14(16)18/h2-5,13H,6-9,15H2,1H3. The minimum absolute atomic E-state index is 0.0124. The van der Waals surface area contributed by atoms with Crippen LogP contribution in [0.3, 0.4) is 0 Å². The molecule has 1 aromatic rings. The average molecular weight is 262 g/mol. The van der Waals surface area contributed by atoms with Crippen LogP contribution in [-0.4, -0.2) is 37.5 Å². The molecule has 0 saturated carbocycles. The van der Waals surface area contributed by atoms with E-state index in [0.29, 0.717) is 25.1 Å². The zero-order valence-corrected chi connectivity index (χ0v) is 11.0. The fourth-order valence-electron chi connectivity index (χ4n) is 2.25. The number of nitrogens with two attached hydrogens (primary N) is 1. The molecule has 0 spiro atoms. The summed E-state index contributed by atoms with van der Waals surface area (Å²) in [5.74, 6) is -0.0568. The maximum atomic E-state index is 12.0. The SMILES string of the molecule is CC(=O)c1ccc(N2C(=O)COCC2CCN)cc1. The van der Waals surface area contributed by atoms with E-state index < -0.39 is 0 Å². The molecule has 1 unspecified atom stereocenters. The molecule has 2 N–H and O–H groups in total. The summed E-state index contributed by atoms with van der Waals surface area (Å²) in [6.45, 7) is 2.61. The summed E-state index contributed by atoms with van der Waals surface area (Å²) >= 11 is 0. The highest BCUT2D eigenvalue weighted by Crippen LogP contribution is 2.22. The Morgan fingerprint density at radius 2 is 2.11 bits per heavy atom. The first-order valence-corrected chi connectivity index (χ1v) is 6.34. The van der Waals surface area contributed by atoms with Crippen LogP contribution in [0, 0.1) is 0 Å². The van der Waals surface area contributed by atoms with E-state index in [2.05, 4.69) is 0 Å². The number of Topliss-reactive ketones (excluding diaryl/α,β-unsaturated/α-hetero) is 1. The lowest BCUT2D eigenvalue weighted by Gasteiger charge is -2.35. The first kappa shape index (κ1) is 13.7. The molecule has 0 radical (unpaired) electrons. The smallest absolute Gasteiger partial charge is 0.253 e. The minimum atomic E-state index is -0.0692. The Balaban J connectivity index is 2.25. The number of rotatable bonds is 4. The molecule has 0 aliphatic carbocycles. The molecule has 1 aliphatic heterocycles. The second-order valence-corrected chi connectivity index (χ2v) is 4.61. The van der Waals surface area contributed by atoms with Crippen LogP contribution in [0.15, 0.2) is 24.3 Å². The van der Waals surface area contributed by atoms with Gasteiger partial charge in [-0.2, -0.15) is 0 Å². The van der Waals surface area contributed by atoms with Gasteiger partial charge in [0, 0.05) is 11.3 Å². The van der Waals surface area contributed by atoms with E-state index in [0.717, 1.165) is 5.69 Å². The molecule has 1 fully saturated rings. The lowest BCUT2D eigenvalue weighted by atomic mass is 10.1. The number of morpholine rings is 1. The van der Waals surface area contributed by atoms with Crippen LogP contribution in [0.4, 0.5) is 5.69 Å². The molecule has 19 heavy (non-hydrogen) atoms. The van der Waals surface area contributed by atoms with Crippen molar-refractivity contribution in [3.63, 3.8) is 0 Å². The molecule has 102 valence electrons. The van der Waals surface area contributed by atoms with Crippen molar-refractivity contribution in [1.82, 2.24) is 0 Å². The lowest BCUT2D eigenvalue weighted by molar-refractivity contribution is -0.127. The molecule has 1 amide bonds. The summed E-state index contributed by atoms with van der Waals surface area (Å²) < 4.78 is 5.26. The molecule has 0 aromatic heterocycles. The van der Waals surface area contributed by atoms with Gasteiger partial charge in [0.2, 0.25) is 0 Å². The quantitative estimate of drug-likeness (QED) is 0.821. The van der Waals surface area contributed by atoms with Gasteiger partial charge >= 0.3 is 0 Å². The van der Waals surface area contributed by atoms with E-state index in [1.54, 1.807) is 29.2 Å². The van der Waals surface area contributed by atoms with Crippen molar-refractivity contribution < 1.29 is 14.3 Å². The van der Waals surface area contributed by atoms with Gasteiger partial charge in [-0.25, -0.2) is 0 Å². The van der Waals surface area contributed by atoms with Gasteiger partial charge in [0.1, 0.15) is 6.61 Å². The Bertz CT molecular complexity index is 468. The predicted molar refractivity (Wildman–Crippen MR) is 72.2 cm³/mol. The maximum absolute atomic E-state index is 12.0. The van der Waals surface area contributed by atoms with Crippen LogP contribution in [0.1, 0.15) is 23.7 Å². The summed E-state index contributed by atoms with van der Waals surface area (Å²) in [5, 5.41) is 0. The second kappa shape index (κ2) is 5.95. The number of nitrogens with zero attached hydrogens (tertiary/aromatic N) is 1. The molecule has 5 heteroatoms. The molecule has 1 heterocycles. The third kappa shape index (κ3) is 3.00. The zero-order chi connectivity index (χ0) is 13.8. The Kier molecular flexibility index (Phi) is 4.29. The highest BCUT2D eigenvalue weighted by molar-refractivity contribution is 5.97. The number of ether oxygens (including phenoxy) is 1. The monoisotopic (exact) mass is 262 g/mol.